The first-order valence-corrected chi connectivity index (χ1v) is 8.21. The standard InChI is InChI=1S/C17H23N5O/c23-17(20-9-5-14-3-1-7-18-11-14)13-22-16(6-10-21-22)15-4-2-8-19-12-15/h1,3,6-7,10-11,15,19H,2,4-5,8-9,12-13H2,(H,20,23). The average molecular weight is 313 g/mol. The van der Waals surface area contributed by atoms with E-state index in [0.717, 1.165) is 37.2 Å². The number of carbonyl (C=O) groups excluding carboxylic acids is 1. The van der Waals surface area contributed by atoms with Crippen LogP contribution in [0.1, 0.15) is 30.0 Å². The normalized spacial score (nSPS) is 17.8. The minimum Gasteiger partial charge on any atom is -0.354 e. The van der Waals surface area contributed by atoms with E-state index in [1.165, 1.54) is 6.42 Å². The minimum absolute atomic E-state index is 0.00242. The fraction of sp³-hybridized carbons (Fsp3) is 0.471. The predicted octanol–water partition coefficient (Wildman–Crippen LogP) is 1.10. The van der Waals surface area contributed by atoms with Gasteiger partial charge in [-0.25, -0.2) is 0 Å². The molecular weight excluding hydrogens is 290 g/mol. The van der Waals surface area contributed by atoms with Crippen LogP contribution in [-0.2, 0) is 17.8 Å². The third-order valence-corrected chi connectivity index (χ3v) is 4.22. The van der Waals surface area contributed by atoms with E-state index in [4.69, 9.17) is 0 Å². The number of piperidine rings is 1. The molecule has 0 saturated carbocycles. The molecule has 0 bridgehead atoms. The summed E-state index contributed by atoms with van der Waals surface area (Å²) in [7, 11) is 0. The highest BCUT2D eigenvalue weighted by Crippen LogP contribution is 2.22. The van der Waals surface area contributed by atoms with Gasteiger partial charge >= 0.3 is 0 Å². The number of hydrogen-bond donors (Lipinski definition) is 2. The van der Waals surface area contributed by atoms with Crippen molar-refractivity contribution in [2.45, 2.75) is 31.7 Å². The molecule has 6 nitrogen and oxygen atoms in total. The lowest BCUT2D eigenvalue weighted by atomic mass is 9.96. The second-order valence-electron chi connectivity index (χ2n) is 5.92. The Morgan fingerprint density at radius 2 is 2.35 bits per heavy atom. The molecule has 2 aromatic heterocycles. The van der Waals surface area contributed by atoms with Crippen molar-refractivity contribution in [1.82, 2.24) is 25.4 Å². The average Bonchev–Trinajstić information content (AvgIpc) is 3.05. The van der Waals surface area contributed by atoms with Crippen molar-refractivity contribution in [2.75, 3.05) is 19.6 Å². The van der Waals surface area contributed by atoms with Gasteiger partial charge in [0.25, 0.3) is 0 Å². The van der Waals surface area contributed by atoms with E-state index < -0.39 is 0 Å². The molecule has 1 saturated heterocycles. The van der Waals surface area contributed by atoms with Gasteiger partial charge in [0.1, 0.15) is 6.54 Å². The smallest absolute Gasteiger partial charge is 0.241 e. The fourth-order valence-electron chi connectivity index (χ4n) is 3.01. The van der Waals surface area contributed by atoms with Crippen molar-refractivity contribution in [3.63, 3.8) is 0 Å². The van der Waals surface area contributed by atoms with Crippen molar-refractivity contribution in [2.24, 2.45) is 0 Å². The highest BCUT2D eigenvalue weighted by atomic mass is 16.2. The van der Waals surface area contributed by atoms with Gasteiger partial charge in [0.15, 0.2) is 0 Å². The van der Waals surface area contributed by atoms with Crippen LogP contribution in [0.25, 0.3) is 0 Å². The number of pyridine rings is 1. The van der Waals surface area contributed by atoms with Crippen molar-refractivity contribution in [1.29, 1.82) is 0 Å². The first-order chi connectivity index (χ1) is 11.3. The molecule has 3 heterocycles. The van der Waals surface area contributed by atoms with Crippen LogP contribution >= 0.6 is 0 Å². The minimum atomic E-state index is 0.00242. The second-order valence-corrected chi connectivity index (χ2v) is 5.92. The Morgan fingerprint density at radius 3 is 3.13 bits per heavy atom. The SMILES string of the molecule is O=C(Cn1nccc1C1CCCNC1)NCCc1cccnc1. The zero-order chi connectivity index (χ0) is 15.9. The van der Waals surface area contributed by atoms with Crippen LogP contribution in [0.15, 0.2) is 36.8 Å². The molecule has 0 aliphatic carbocycles. The van der Waals surface area contributed by atoms with Gasteiger partial charge in [0.05, 0.1) is 0 Å². The molecule has 2 N–H and O–H groups in total. The molecule has 3 rings (SSSR count). The summed E-state index contributed by atoms with van der Waals surface area (Å²) < 4.78 is 1.83. The summed E-state index contributed by atoms with van der Waals surface area (Å²) in [5, 5.41) is 10.7. The van der Waals surface area contributed by atoms with E-state index >= 15 is 0 Å². The molecule has 1 atom stereocenters. The van der Waals surface area contributed by atoms with Gasteiger partial charge in [-0.2, -0.15) is 5.10 Å². The van der Waals surface area contributed by atoms with Gasteiger partial charge in [-0.1, -0.05) is 6.07 Å². The number of amides is 1. The van der Waals surface area contributed by atoms with E-state index in [2.05, 4.69) is 20.7 Å². The van der Waals surface area contributed by atoms with Crippen LogP contribution in [0.5, 0.6) is 0 Å². The molecule has 1 fully saturated rings. The number of hydrogen-bond acceptors (Lipinski definition) is 4. The van der Waals surface area contributed by atoms with Crippen LogP contribution in [-0.4, -0.2) is 40.3 Å². The third-order valence-electron chi connectivity index (χ3n) is 4.22. The lowest BCUT2D eigenvalue weighted by molar-refractivity contribution is -0.121. The van der Waals surface area contributed by atoms with Crippen molar-refractivity contribution < 1.29 is 4.79 Å². The Labute approximate surface area is 136 Å². The lowest BCUT2D eigenvalue weighted by Gasteiger charge is -2.23. The van der Waals surface area contributed by atoms with Gasteiger partial charge in [-0.3, -0.25) is 14.5 Å². The van der Waals surface area contributed by atoms with Crippen molar-refractivity contribution in [3.05, 3.63) is 48.0 Å². The second kappa shape index (κ2) is 7.87. The molecule has 1 unspecified atom stereocenters. The van der Waals surface area contributed by atoms with E-state index in [1.54, 1.807) is 12.4 Å². The van der Waals surface area contributed by atoms with Crippen LogP contribution in [0.4, 0.5) is 0 Å². The molecule has 0 radical (unpaired) electrons. The van der Waals surface area contributed by atoms with E-state index in [0.29, 0.717) is 12.5 Å². The largest absolute Gasteiger partial charge is 0.354 e. The first-order valence-electron chi connectivity index (χ1n) is 8.21. The topological polar surface area (TPSA) is 71.8 Å². The van der Waals surface area contributed by atoms with Crippen LogP contribution in [0.3, 0.4) is 0 Å². The van der Waals surface area contributed by atoms with E-state index in [-0.39, 0.29) is 12.5 Å². The number of nitrogens with zero attached hydrogens (tertiary/aromatic N) is 3. The maximum absolute atomic E-state index is 12.1. The fourth-order valence-corrected chi connectivity index (χ4v) is 3.01. The zero-order valence-corrected chi connectivity index (χ0v) is 13.2. The molecule has 1 amide bonds. The number of carbonyl (C=O) groups is 1. The summed E-state index contributed by atoms with van der Waals surface area (Å²) in [4.78, 5) is 16.2. The Bertz CT molecular complexity index is 619. The predicted molar refractivity (Wildman–Crippen MR) is 88.0 cm³/mol. The molecule has 0 aromatic carbocycles. The van der Waals surface area contributed by atoms with Gasteiger partial charge in [0.2, 0.25) is 5.91 Å². The van der Waals surface area contributed by atoms with Crippen molar-refractivity contribution in [3.8, 4) is 0 Å². The molecule has 0 spiro atoms. The van der Waals surface area contributed by atoms with Crippen LogP contribution in [0, 0.1) is 0 Å². The lowest BCUT2D eigenvalue weighted by Crippen LogP contribution is -2.33. The summed E-state index contributed by atoms with van der Waals surface area (Å²) in [6.07, 6.45) is 8.48. The summed E-state index contributed by atoms with van der Waals surface area (Å²) in [6.45, 7) is 2.95. The summed E-state index contributed by atoms with van der Waals surface area (Å²) in [6, 6.07) is 5.95. The van der Waals surface area contributed by atoms with Crippen molar-refractivity contribution >= 4 is 5.91 Å². The number of rotatable bonds is 6. The number of nitrogens with one attached hydrogen (secondary N) is 2. The third kappa shape index (κ3) is 4.39. The van der Waals surface area contributed by atoms with Gasteiger partial charge in [-0.15, -0.1) is 0 Å². The Morgan fingerprint density at radius 1 is 1.39 bits per heavy atom. The van der Waals surface area contributed by atoms with E-state index in [1.807, 2.05) is 29.1 Å². The molecular formula is C17H23N5O. The quantitative estimate of drug-likeness (QED) is 0.838. The molecule has 122 valence electrons. The van der Waals surface area contributed by atoms with Gasteiger partial charge in [0, 0.05) is 43.3 Å². The van der Waals surface area contributed by atoms with Gasteiger partial charge < -0.3 is 10.6 Å². The highest BCUT2D eigenvalue weighted by molar-refractivity contribution is 5.75. The molecule has 2 aromatic rings. The molecule has 1 aliphatic heterocycles. The summed E-state index contributed by atoms with van der Waals surface area (Å²) in [5.74, 6) is 0.456. The summed E-state index contributed by atoms with van der Waals surface area (Å²) in [5.41, 5.74) is 2.28. The monoisotopic (exact) mass is 313 g/mol. The Balaban J connectivity index is 1.49. The zero-order valence-electron chi connectivity index (χ0n) is 13.2. The van der Waals surface area contributed by atoms with Crippen LogP contribution in [0.2, 0.25) is 0 Å². The Hall–Kier alpha value is -2.21. The molecule has 1 aliphatic rings. The first kappa shape index (κ1) is 15.7. The van der Waals surface area contributed by atoms with Crippen LogP contribution < -0.4 is 10.6 Å². The molecule has 23 heavy (non-hydrogen) atoms. The molecule has 6 heteroatoms. The maximum atomic E-state index is 12.1. The van der Waals surface area contributed by atoms with E-state index in [9.17, 15) is 4.79 Å². The number of aromatic nitrogens is 3. The highest BCUT2D eigenvalue weighted by Gasteiger charge is 2.19. The van der Waals surface area contributed by atoms with Gasteiger partial charge in [-0.05, 0) is 43.5 Å². The summed E-state index contributed by atoms with van der Waals surface area (Å²) >= 11 is 0. The maximum Gasteiger partial charge on any atom is 0.241 e. The Kier molecular flexibility index (Phi) is 5.37.